The predicted molar refractivity (Wildman–Crippen MR) is 98.6 cm³/mol. The van der Waals surface area contributed by atoms with E-state index in [1.165, 1.54) is 12.1 Å². The lowest BCUT2D eigenvalue weighted by Gasteiger charge is -2.21. The molecule has 2 aromatic rings. The number of aromatic amines is 1. The Labute approximate surface area is 172 Å². The Morgan fingerprint density at radius 2 is 1.68 bits per heavy atom. The first kappa shape index (κ1) is 21.7. The van der Waals surface area contributed by atoms with Crippen molar-refractivity contribution in [3.63, 3.8) is 0 Å². The van der Waals surface area contributed by atoms with Crippen molar-refractivity contribution >= 4 is 0 Å². The van der Waals surface area contributed by atoms with Crippen molar-refractivity contribution in [2.75, 3.05) is 19.6 Å². The maximum Gasteiger partial charge on any atom is 0.423 e. The van der Waals surface area contributed by atoms with Crippen LogP contribution < -0.4 is 11.2 Å². The van der Waals surface area contributed by atoms with Gasteiger partial charge in [-0.2, -0.15) is 26.3 Å². The number of nitrogens with zero attached hydrogens (tertiary/aromatic N) is 2. The highest BCUT2D eigenvalue weighted by Gasteiger charge is 2.60. The van der Waals surface area contributed by atoms with Crippen LogP contribution in [0.5, 0.6) is 0 Å². The van der Waals surface area contributed by atoms with E-state index in [1.807, 2.05) is 0 Å². The van der Waals surface area contributed by atoms with Gasteiger partial charge in [-0.05, 0) is 43.0 Å². The third kappa shape index (κ3) is 4.15. The van der Waals surface area contributed by atoms with E-state index in [-0.39, 0.29) is 12.0 Å². The average molecular weight is 447 g/mol. The number of aryl methyl sites for hydroxylation is 1. The molecular weight excluding hydrogens is 428 g/mol. The molecule has 1 unspecified atom stereocenters. The van der Waals surface area contributed by atoms with Gasteiger partial charge < -0.3 is 4.90 Å². The Bertz CT molecular complexity index is 1090. The summed E-state index contributed by atoms with van der Waals surface area (Å²) in [5.41, 5.74) is -3.79. The smallest absolute Gasteiger partial charge is 0.302 e. The SMILES string of the molecule is O=c1[nH]c(=O)n(CCCN2CC3C[C@]3(c3ccc(C(F)(F)F)cc3)C2)cc1C(F)(F)F. The van der Waals surface area contributed by atoms with Gasteiger partial charge in [0.25, 0.3) is 5.56 Å². The van der Waals surface area contributed by atoms with Crippen molar-refractivity contribution in [2.24, 2.45) is 5.92 Å². The number of fused-ring (bicyclic) bond motifs is 1. The van der Waals surface area contributed by atoms with Crippen LogP contribution in [0.3, 0.4) is 0 Å². The van der Waals surface area contributed by atoms with E-state index < -0.39 is 34.7 Å². The molecule has 31 heavy (non-hydrogen) atoms. The summed E-state index contributed by atoms with van der Waals surface area (Å²) in [6.07, 6.45) is -7.42. The summed E-state index contributed by atoms with van der Waals surface area (Å²) in [5.74, 6) is 0.330. The molecule has 1 aromatic carbocycles. The monoisotopic (exact) mass is 447 g/mol. The molecule has 0 spiro atoms. The van der Waals surface area contributed by atoms with Gasteiger partial charge in [0, 0.05) is 31.2 Å². The number of H-pyrrole nitrogens is 1. The van der Waals surface area contributed by atoms with Crippen molar-refractivity contribution in [3.8, 4) is 0 Å². The molecule has 1 N–H and O–H groups in total. The van der Waals surface area contributed by atoms with Gasteiger partial charge in [0.05, 0.1) is 5.56 Å². The van der Waals surface area contributed by atoms with Crippen molar-refractivity contribution in [3.05, 3.63) is 68.0 Å². The Kier molecular flexibility index (Phi) is 5.07. The van der Waals surface area contributed by atoms with Gasteiger partial charge in [0.2, 0.25) is 0 Å². The summed E-state index contributed by atoms with van der Waals surface area (Å²) >= 11 is 0. The normalized spacial score (nSPS) is 23.7. The number of hydrogen-bond donors (Lipinski definition) is 1. The maximum atomic E-state index is 12.9. The molecule has 4 rings (SSSR count). The number of hydrogen-bond acceptors (Lipinski definition) is 3. The Morgan fingerprint density at radius 1 is 1.00 bits per heavy atom. The van der Waals surface area contributed by atoms with Crippen molar-refractivity contribution in [1.82, 2.24) is 14.5 Å². The first-order valence-electron chi connectivity index (χ1n) is 9.71. The third-order valence-corrected chi connectivity index (χ3v) is 6.19. The number of piperidine rings is 1. The third-order valence-electron chi connectivity index (χ3n) is 6.19. The van der Waals surface area contributed by atoms with Crippen molar-refractivity contribution in [1.29, 1.82) is 0 Å². The van der Waals surface area contributed by atoms with Crippen LogP contribution in [-0.4, -0.2) is 34.1 Å². The van der Waals surface area contributed by atoms with Gasteiger partial charge in [-0.15, -0.1) is 0 Å². The Balaban J connectivity index is 1.37. The van der Waals surface area contributed by atoms with E-state index in [0.717, 1.165) is 35.2 Å². The number of likely N-dealkylation sites (tertiary alicyclic amines) is 1. The summed E-state index contributed by atoms with van der Waals surface area (Å²) in [4.78, 5) is 26.9. The second kappa shape index (κ2) is 7.25. The highest BCUT2D eigenvalue weighted by atomic mass is 19.4. The number of aromatic nitrogens is 2. The molecule has 11 heteroatoms. The summed E-state index contributed by atoms with van der Waals surface area (Å²) in [7, 11) is 0. The molecule has 0 bridgehead atoms. The lowest BCUT2D eigenvalue weighted by atomic mass is 9.94. The topological polar surface area (TPSA) is 58.1 Å². The van der Waals surface area contributed by atoms with E-state index in [2.05, 4.69) is 4.90 Å². The molecule has 5 nitrogen and oxygen atoms in total. The number of nitrogens with one attached hydrogen (secondary N) is 1. The fourth-order valence-electron chi connectivity index (χ4n) is 4.54. The van der Waals surface area contributed by atoms with Crippen LogP contribution in [0.15, 0.2) is 40.1 Å². The second-order valence-corrected chi connectivity index (χ2v) is 8.21. The molecule has 0 radical (unpaired) electrons. The Morgan fingerprint density at radius 3 is 2.29 bits per heavy atom. The number of alkyl halides is 6. The molecular formula is C20H19F6N3O2. The molecule has 168 valence electrons. The minimum Gasteiger partial charge on any atom is -0.302 e. The van der Waals surface area contributed by atoms with Crippen LogP contribution in [0.1, 0.15) is 29.5 Å². The second-order valence-electron chi connectivity index (χ2n) is 8.21. The van der Waals surface area contributed by atoms with Crippen LogP contribution in [0, 0.1) is 5.92 Å². The van der Waals surface area contributed by atoms with Crippen LogP contribution in [0.2, 0.25) is 0 Å². The fourth-order valence-corrected chi connectivity index (χ4v) is 4.54. The highest BCUT2D eigenvalue weighted by molar-refractivity contribution is 5.39. The van der Waals surface area contributed by atoms with Crippen LogP contribution in [-0.2, 0) is 24.3 Å². The predicted octanol–water partition coefficient (Wildman–Crippen LogP) is 3.24. The summed E-state index contributed by atoms with van der Waals surface area (Å²) in [6.45, 7) is 1.92. The zero-order valence-electron chi connectivity index (χ0n) is 16.2. The summed E-state index contributed by atoms with van der Waals surface area (Å²) in [6, 6.07) is 5.21. The number of rotatable bonds is 5. The van der Waals surface area contributed by atoms with Gasteiger partial charge >= 0.3 is 18.0 Å². The van der Waals surface area contributed by atoms with Gasteiger partial charge in [-0.3, -0.25) is 14.3 Å². The Hall–Kier alpha value is -2.56. The number of halogens is 6. The van der Waals surface area contributed by atoms with Crippen LogP contribution >= 0.6 is 0 Å². The molecule has 2 fully saturated rings. The molecule has 1 aromatic heterocycles. The van der Waals surface area contributed by atoms with E-state index in [4.69, 9.17) is 0 Å². The van der Waals surface area contributed by atoms with Crippen molar-refractivity contribution < 1.29 is 26.3 Å². The van der Waals surface area contributed by atoms with Crippen LogP contribution in [0.4, 0.5) is 26.3 Å². The molecule has 1 saturated carbocycles. The van der Waals surface area contributed by atoms with E-state index in [0.29, 0.717) is 31.6 Å². The maximum absolute atomic E-state index is 12.9. The first-order chi connectivity index (χ1) is 14.4. The zero-order chi connectivity index (χ0) is 22.6. The largest absolute Gasteiger partial charge is 0.423 e. The highest BCUT2D eigenvalue weighted by Crippen LogP contribution is 2.59. The standard InChI is InChI=1S/C20H19F6N3O2/c21-19(22,23)13-4-2-12(3-5-13)18-8-14(18)9-28(11-18)6-1-7-29-10-15(20(24,25)26)16(30)27-17(29)31/h2-5,10,14H,1,6-9,11H2,(H,27,30,31)/t14?,18-/m1/s1. The van der Waals surface area contributed by atoms with E-state index >= 15 is 0 Å². The van der Waals surface area contributed by atoms with Crippen molar-refractivity contribution in [2.45, 2.75) is 37.2 Å². The van der Waals surface area contributed by atoms with Gasteiger partial charge in [-0.25, -0.2) is 4.79 Å². The average Bonchev–Trinajstić information content (AvgIpc) is 3.24. The van der Waals surface area contributed by atoms with Crippen LogP contribution in [0.25, 0.3) is 0 Å². The summed E-state index contributed by atoms with van der Waals surface area (Å²) < 4.78 is 77.7. The molecule has 2 aliphatic rings. The van der Waals surface area contributed by atoms with Gasteiger partial charge in [-0.1, -0.05) is 12.1 Å². The van der Waals surface area contributed by atoms with E-state index in [9.17, 15) is 35.9 Å². The minimum atomic E-state index is -4.85. The molecule has 1 aliphatic carbocycles. The zero-order valence-corrected chi connectivity index (χ0v) is 16.2. The molecule has 1 saturated heterocycles. The lowest BCUT2D eigenvalue weighted by Crippen LogP contribution is -2.35. The van der Waals surface area contributed by atoms with Gasteiger partial charge in [0.1, 0.15) is 5.56 Å². The molecule has 0 amide bonds. The molecule has 2 heterocycles. The molecule has 1 aliphatic heterocycles. The first-order valence-corrected chi connectivity index (χ1v) is 9.71. The van der Waals surface area contributed by atoms with E-state index in [1.54, 1.807) is 4.98 Å². The number of benzene rings is 1. The molecule has 2 atom stereocenters. The van der Waals surface area contributed by atoms with Gasteiger partial charge in [0.15, 0.2) is 0 Å². The summed E-state index contributed by atoms with van der Waals surface area (Å²) in [5, 5.41) is 0. The lowest BCUT2D eigenvalue weighted by molar-refractivity contribution is -0.139. The minimum absolute atomic E-state index is 0.00708. The quantitative estimate of drug-likeness (QED) is 0.717. The fraction of sp³-hybridized carbons (Fsp3) is 0.500.